The molecule has 0 bridgehead atoms. The van der Waals surface area contributed by atoms with Crippen molar-refractivity contribution in [3.63, 3.8) is 0 Å². The predicted molar refractivity (Wildman–Crippen MR) is 110 cm³/mol. The van der Waals surface area contributed by atoms with Crippen LogP contribution in [-0.4, -0.2) is 29.8 Å². The minimum absolute atomic E-state index is 0.0301. The van der Waals surface area contributed by atoms with Crippen LogP contribution in [0.4, 0.5) is 5.69 Å². The molecule has 1 N–H and O–H groups in total. The third-order valence-electron chi connectivity index (χ3n) is 6.35. The van der Waals surface area contributed by atoms with E-state index >= 15 is 0 Å². The Bertz CT molecular complexity index is 654. The zero-order valence-corrected chi connectivity index (χ0v) is 16.9. The molecule has 4 heteroatoms. The first kappa shape index (κ1) is 19.9. The van der Waals surface area contributed by atoms with E-state index in [0.29, 0.717) is 5.91 Å². The van der Waals surface area contributed by atoms with Gasteiger partial charge < -0.3 is 10.2 Å². The number of hydrogen-bond donors (Lipinski definition) is 1. The molecule has 2 fully saturated rings. The smallest absolute Gasteiger partial charge is 0.227 e. The molecule has 0 radical (unpaired) electrons. The first-order chi connectivity index (χ1) is 13.1. The maximum atomic E-state index is 12.8. The third-order valence-corrected chi connectivity index (χ3v) is 6.35. The lowest BCUT2D eigenvalue weighted by Crippen LogP contribution is -2.39. The van der Waals surface area contributed by atoms with Crippen molar-refractivity contribution in [2.75, 3.05) is 18.4 Å². The summed E-state index contributed by atoms with van der Waals surface area (Å²) in [5, 5.41) is 3.18. The van der Waals surface area contributed by atoms with Crippen LogP contribution >= 0.6 is 0 Å². The van der Waals surface area contributed by atoms with Gasteiger partial charge in [0, 0.05) is 30.6 Å². The van der Waals surface area contributed by atoms with Gasteiger partial charge in [-0.1, -0.05) is 38.0 Å². The maximum Gasteiger partial charge on any atom is 0.227 e. The Balaban J connectivity index is 1.54. The van der Waals surface area contributed by atoms with E-state index in [1.54, 1.807) is 0 Å². The Morgan fingerprint density at radius 1 is 1.00 bits per heavy atom. The number of nitrogens with zero attached hydrogens (tertiary/aromatic N) is 1. The van der Waals surface area contributed by atoms with Crippen molar-refractivity contribution >= 4 is 17.5 Å². The van der Waals surface area contributed by atoms with E-state index in [2.05, 4.69) is 23.2 Å². The fourth-order valence-corrected chi connectivity index (χ4v) is 4.58. The number of likely N-dealkylation sites (tertiary alicyclic amines) is 1. The lowest BCUT2D eigenvalue weighted by Gasteiger charge is -2.31. The molecule has 2 aliphatic rings. The minimum Gasteiger partial charge on any atom is -0.342 e. The first-order valence-corrected chi connectivity index (χ1v) is 10.8. The molecule has 1 aliphatic carbocycles. The molecule has 0 aromatic heterocycles. The molecule has 3 rings (SSSR count). The highest BCUT2D eigenvalue weighted by molar-refractivity contribution is 5.94. The van der Waals surface area contributed by atoms with Gasteiger partial charge in [-0.05, 0) is 63.0 Å². The zero-order chi connectivity index (χ0) is 19.2. The van der Waals surface area contributed by atoms with Crippen LogP contribution in [0.1, 0.15) is 69.4 Å². The summed E-state index contributed by atoms with van der Waals surface area (Å²) >= 11 is 0. The van der Waals surface area contributed by atoms with Crippen molar-refractivity contribution in [3.05, 3.63) is 29.3 Å². The van der Waals surface area contributed by atoms with Gasteiger partial charge in [0.15, 0.2) is 0 Å². The molecule has 2 amide bonds. The number of para-hydroxylation sites is 1. The van der Waals surface area contributed by atoms with Crippen LogP contribution in [-0.2, 0) is 16.0 Å². The summed E-state index contributed by atoms with van der Waals surface area (Å²) in [6, 6.07) is 6.17. The Morgan fingerprint density at radius 2 is 1.63 bits per heavy atom. The van der Waals surface area contributed by atoms with Crippen LogP contribution in [0, 0.1) is 18.8 Å². The number of nitrogens with one attached hydrogen (secondary N) is 1. The molecule has 4 nitrogen and oxygen atoms in total. The highest BCUT2D eigenvalue weighted by Gasteiger charge is 2.32. The number of anilines is 1. The quantitative estimate of drug-likeness (QED) is 0.835. The van der Waals surface area contributed by atoms with Gasteiger partial charge in [0.1, 0.15) is 0 Å². The summed E-state index contributed by atoms with van der Waals surface area (Å²) in [7, 11) is 0. The molecule has 1 heterocycles. The number of carbonyl (C=O) groups excluding carboxylic acids is 2. The van der Waals surface area contributed by atoms with Crippen molar-refractivity contribution in [3.8, 4) is 0 Å². The molecule has 0 atom stereocenters. The number of rotatable bonds is 4. The topological polar surface area (TPSA) is 49.4 Å². The second kappa shape index (κ2) is 9.38. The third kappa shape index (κ3) is 4.91. The summed E-state index contributed by atoms with van der Waals surface area (Å²) in [6.07, 6.45) is 9.02. The van der Waals surface area contributed by atoms with Crippen molar-refractivity contribution in [2.45, 2.75) is 71.6 Å². The summed E-state index contributed by atoms with van der Waals surface area (Å²) in [5.41, 5.74) is 3.29. The van der Waals surface area contributed by atoms with Crippen molar-refractivity contribution in [2.24, 2.45) is 11.8 Å². The molecule has 27 heavy (non-hydrogen) atoms. The van der Waals surface area contributed by atoms with Crippen LogP contribution in [0.2, 0.25) is 0 Å². The molecule has 1 aromatic rings. The summed E-state index contributed by atoms with van der Waals surface area (Å²) < 4.78 is 0. The van der Waals surface area contributed by atoms with Crippen molar-refractivity contribution in [1.82, 2.24) is 4.90 Å². The van der Waals surface area contributed by atoms with Crippen LogP contribution in [0.3, 0.4) is 0 Å². The van der Waals surface area contributed by atoms with E-state index in [1.807, 2.05) is 19.1 Å². The minimum atomic E-state index is 0.0301. The second-order valence-corrected chi connectivity index (χ2v) is 8.24. The van der Waals surface area contributed by atoms with Gasteiger partial charge in [0.2, 0.25) is 11.8 Å². The highest BCUT2D eigenvalue weighted by atomic mass is 16.2. The van der Waals surface area contributed by atoms with E-state index in [9.17, 15) is 9.59 Å². The molecule has 148 valence electrons. The molecular formula is C23H34N2O2. The van der Waals surface area contributed by atoms with Crippen LogP contribution < -0.4 is 5.32 Å². The lowest BCUT2D eigenvalue weighted by atomic mass is 9.80. The Kier molecular flexibility index (Phi) is 6.92. The van der Waals surface area contributed by atoms with Gasteiger partial charge in [-0.2, -0.15) is 0 Å². The molecular weight excluding hydrogens is 336 g/mol. The van der Waals surface area contributed by atoms with Gasteiger partial charge in [0.25, 0.3) is 0 Å². The van der Waals surface area contributed by atoms with Crippen LogP contribution in [0.5, 0.6) is 0 Å². The largest absolute Gasteiger partial charge is 0.342 e. The zero-order valence-electron chi connectivity index (χ0n) is 16.9. The molecule has 0 spiro atoms. The molecule has 1 saturated heterocycles. The Morgan fingerprint density at radius 3 is 2.26 bits per heavy atom. The summed E-state index contributed by atoms with van der Waals surface area (Å²) in [6.45, 7) is 6.01. The van der Waals surface area contributed by atoms with Gasteiger partial charge in [0.05, 0.1) is 0 Å². The molecule has 1 saturated carbocycles. The monoisotopic (exact) mass is 370 g/mol. The fraction of sp³-hybridized carbons (Fsp3) is 0.652. The van der Waals surface area contributed by atoms with E-state index in [0.717, 1.165) is 69.3 Å². The summed E-state index contributed by atoms with van der Waals surface area (Å²) in [4.78, 5) is 27.7. The van der Waals surface area contributed by atoms with E-state index in [1.165, 1.54) is 18.4 Å². The Labute approximate surface area is 163 Å². The Hall–Kier alpha value is -1.84. The number of amides is 2. The lowest BCUT2D eigenvalue weighted by molar-refractivity contribution is -0.137. The average molecular weight is 371 g/mol. The predicted octanol–water partition coefficient (Wildman–Crippen LogP) is 4.70. The van der Waals surface area contributed by atoms with Gasteiger partial charge in [-0.15, -0.1) is 0 Å². The van der Waals surface area contributed by atoms with Gasteiger partial charge in [-0.3, -0.25) is 9.59 Å². The van der Waals surface area contributed by atoms with Crippen molar-refractivity contribution in [1.29, 1.82) is 0 Å². The molecule has 1 aromatic carbocycles. The van der Waals surface area contributed by atoms with E-state index in [4.69, 9.17) is 0 Å². The van der Waals surface area contributed by atoms with Crippen molar-refractivity contribution < 1.29 is 9.59 Å². The van der Waals surface area contributed by atoms with E-state index in [-0.39, 0.29) is 17.7 Å². The first-order valence-electron chi connectivity index (χ1n) is 10.8. The second-order valence-electron chi connectivity index (χ2n) is 8.24. The highest BCUT2D eigenvalue weighted by Crippen LogP contribution is 2.32. The molecule has 0 unspecified atom stereocenters. The van der Waals surface area contributed by atoms with Gasteiger partial charge in [-0.25, -0.2) is 0 Å². The van der Waals surface area contributed by atoms with E-state index < -0.39 is 0 Å². The van der Waals surface area contributed by atoms with Crippen LogP contribution in [0.25, 0.3) is 0 Å². The fourth-order valence-electron chi connectivity index (χ4n) is 4.58. The summed E-state index contributed by atoms with van der Waals surface area (Å²) in [5.74, 6) is 0.613. The maximum absolute atomic E-state index is 12.8. The van der Waals surface area contributed by atoms with Crippen LogP contribution in [0.15, 0.2) is 18.2 Å². The average Bonchev–Trinajstić information content (AvgIpc) is 2.98. The standard InChI is InChI=1S/C23H34N2O2/c1-3-18-10-8-9-17(2)21(18)24-22(26)19-11-13-20(14-12-19)23(27)25-15-6-4-5-7-16-25/h8-10,19-20H,3-7,11-16H2,1-2H3,(H,24,26). The number of carbonyl (C=O) groups is 2. The number of benzene rings is 1. The number of aryl methyl sites for hydroxylation is 2. The normalized spacial score (nSPS) is 23.6. The number of hydrogen-bond acceptors (Lipinski definition) is 2. The van der Waals surface area contributed by atoms with Gasteiger partial charge >= 0.3 is 0 Å². The SMILES string of the molecule is CCc1cccc(C)c1NC(=O)C1CCC(C(=O)N2CCCCCC2)CC1. The molecule has 1 aliphatic heterocycles.